The van der Waals surface area contributed by atoms with E-state index in [1.54, 1.807) is 23.1 Å². The van der Waals surface area contributed by atoms with E-state index in [0.29, 0.717) is 0 Å². The molecule has 1 fully saturated rings. The molecule has 0 bridgehead atoms. The Morgan fingerprint density at radius 3 is 2.21 bits per heavy atom. The number of piperazine rings is 1. The van der Waals surface area contributed by atoms with Crippen LogP contribution < -0.4 is 15.8 Å². The lowest BCUT2D eigenvalue weighted by Crippen LogP contribution is -2.48. The molecule has 0 spiro atoms. The van der Waals surface area contributed by atoms with Crippen molar-refractivity contribution in [3.05, 3.63) is 30.3 Å². The summed E-state index contributed by atoms with van der Waals surface area (Å²) in [6.07, 6.45) is 0. The van der Waals surface area contributed by atoms with Crippen LogP contribution in [0.15, 0.2) is 35.2 Å². The first kappa shape index (κ1) is 19.9. The maximum absolute atomic E-state index is 11.6. The van der Waals surface area contributed by atoms with Crippen LogP contribution in [-0.4, -0.2) is 62.6 Å². The average Bonchev–Trinajstić information content (AvgIpc) is 2.56. The van der Waals surface area contributed by atoms with Crippen molar-refractivity contribution in [2.24, 2.45) is 5.73 Å². The van der Waals surface area contributed by atoms with Crippen LogP contribution in [0.5, 0.6) is 0 Å². The Morgan fingerprint density at radius 1 is 1.25 bits per heavy atom. The maximum Gasteiger partial charge on any atom is 0.321 e. The van der Waals surface area contributed by atoms with E-state index < -0.39 is 22.0 Å². The average molecular weight is 358 g/mol. The zero-order valence-corrected chi connectivity index (χ0v) is 14.1. The van der Waals surface area contributed by atoms with Crippen LogP contribution in [0.2, 0.25) is 0 Å². The first-order valence-corrected chi connectivity index (χ1v) is 8.77. The van der Waals surface area contributed by atoms with Crippen molar-refractivity contribution >= 4 is 22.0 Å². The van der Waals surface area contributed by atoms with Crippen molar-refractivity contribution in [2.45, 2.75) is 17.9 Å². The van der Waals surface area contributed by atoms with Crippen molar-refractivity contribution in [1.29, 1.82) is 0 Å². The highest BCUT2D eigenvalue weighted by Gasteiger charge is 2.20. The molecule has 2 rings (SSSR count). The largest absolute Gasteiger partial charge is 0.480 e. The van der Waals surface area contributed by atoms with Gasteiger partial charge in [0.1, 0.15) is 6.04 Å². The second-order valence-corrected chi connectivity index (χ2v) is 6.78. The van der Waals surface area contributed by atoms with Gasteiger partial charge in [-0.05, 0) is 19.1 Å². The lowest BCUT2D eigenvalue weighted by Gasteiger charge is -2.25. The number of primary amides is 1. The van der Waals surface area contributed by atoms with E-state index in [2.05, 4.69) is 5.32 Å². The van der Waals surface area contributed by atoms with Crippen molar-refractivity contribution < 1.29 is 23.1 Å². The Hall–Kier alpha value is -2.17. The molecule has 0 saturated carbocycles. The van der Waals surface area contributed by atoms with Crippen LogP contribution in [0, 0.1) is 0 Å². The molecular formula is C14H22N4O5S. The van der Waals surface area contributed by atoms with Gasteiger partial charge in [0.15, 0.2) is 0 Å². The van der Waals surface area contributed by atoms with Crippen LogP contribution in [0.25, 0.3) is 0 Å². The standard InChI is InChI=1S/C9H11NO4S.C5H11N3O/c1-7(9(11)12)10-15(13,14)8-5-3-2-4-6-8;6-5(9)8-3-1-7-2-4-8/h2-7,10H,1H3,(H,11,12);7H,1-4H2,(H2,6,9)/t7-;/m0./s1. The lowest BCUT2D eigenvalue weighted by molar-refractivity contribution is -0.138. The molecule has 0 aliphatic carbocycles. The number of carbonyl (C=O) groups excluding carboxylic acids is 1. The number of benzene rings is 1. The minimum absolute atomic E-state index is 0.0538. The zero-order chi connectivity index (χ0) is 18.2. The number of carboxylic acids is 1. The third kappa shape index (κ3) is 6.52. The first-order chi connectivity index (χ1) is 11.2. The van der Waals surface area contributed by atoms with Gasteiger partial charge in [-0.1, -0.05) is 18.2 Å². The second-order valence-electron chi connectivity index (χ2n) is 5.07. The molecule has 1 atom stereocenters. The van der Waals surface area contributed by atoms with Crippen LogP contribution in [0.1, 0.15) is 6.92 Å². The number of carbonyl (C=O) groups is 2. The van der Waals surface area contributed by atoms with Gasteiger partial charge < -0.3 is 21.1 Å². The predicted octanol–water partition coefficient (Wildman–Crippen LogP) is -0.592. The number of sulfonamides is 1. The fraction of sp³-hybridized carbons (Fsp3) is 0.429. The number of urea groups is 1. The topological polar surface area (TPSA) is 142 Å². The molecule has 0 unspecified atom stereocenters. The summed E-state index contributed by atoms with van der Waals surface area (Å²) < 4.78 is 25.2. The molecule has 1 heterocycles. The van der Waals surface area contributed by atoms with Gasteiger partial charge in [-0.3, -0.25) is 4.79 Å². The number of carboxylic acid groups (broad SMARTS) is 1. The molecule has 1 aliphatic rings. The normalized spacial score (nSPS) is 15.8. The van der Waals surface area contributed by atoms with Crippen LogP contribution in [0.3, 0.4) is 0 Å². The lowest BCUT2D eigenvalue weighted by atomic mass is 10.4. The highest BCUT2D eigenvalue weighted by atomic mass is 32.2. The third-order valence-corrected chi connectivity index (χ3v) is 4.74. The Kier molecular flexibility index (Phi) is 7.62. The summed E-state index contributed by atoms with van der Waals surface area (Å²) >= 11 is 0. The van der Waals surface area contributed by atoms with E-state index in [1.165, 1.54) is 19.1 Å². The molecule has 10 heteroatoms. The van der Waals surface area contributed by atoms with Crippen LogP contribution in [-0.2, 0) is 14.8 Å². The molecule has 9 nitrogen and oxygen atoms in total. The Bertz CT molecular complexity index is 644. The summed E-state index contributed by atoms with van der Waals surface area (Å²) in [7, 11) is -3.74. The Morgan fingerprint density at radius 2 is 1.79 bits per heavy atom. The van der Waals surface area contributed by atoms with Crippen molar-refractivity contribution in [3.63, 3.8) is 0 Å². The number of amides is 2. The summed E-state index contributed by atoms with van der Waals surface area (Å²) in [5.74, 6) is -1.21. The van der Waals surface area contributed by atoms with E-state index in [0.717, 1.165) is 26.2 Å². The summed E-state index contributed by atoms with van der Waals surface area (Å²) in [4.78, 5) is 22.6. The summed E-state index contributed by atoms with van der Waals surface area (Å²) in [6.45, 7) is 4.49. The summed E-state index contributed by atoms with van der Waals surface area (Å²) in [5, 5.41) is 11.7. The van der Waals surface area contributed by atoms with E-state index >= 15 is 0 Å². The van der Waals surface area contributed by atoms with Gasteiger partial charge in [-0.25, -0.2) is 13.2 Å². The number of nitrogens with two attached hydrogens (primary N) is 1. The minimum Gasteiger partial charge on any atom is -0.480 e. The molecular weight excluding hydrogens is 336 g/mol. The fourth-order valence-electron chi connectivity index (χ4n) is 1.84. The van der Waals surface area contributed by atoms with Crippen molar-refractivity contribution in [1.82, 2.24) is 14.9 Å². The monoisotopic (exact) mass is 358 g/mol. The minimum atomic E-state index is -3.74. The maximum atomic E-state index is 11.6. The zero-order valence-electron chi connectivity index (χ0n) is 13.3. The number of nitrogens with one attached hydrogen (secondary N) is 2. The number of rotatable bonds is 4. The van der Waals surface area contributed by atoms with Gasteiger partial charge in [-0.2, -0.15) is 4.72 Å². The highest BCUT2D eigenvalue weighted by molar-refractivity contribution is 7.89. The molecule has 134 valence electrons. The molecule has 1 aromatic carbocycles. The number of nitrogens with zero attached hydrogens (tertiary/aromatic N) is 1. The number of hydrogen-bond donors (Lipinski definition) is 4. The van der Waals surface area contributed by atoms with E-state index in [1.807, 2.05) is 4.72 Å². The summed E-state index contributed by atoms with van der Waals surface area (Å²) in [6, 6.07) is 6.17. The SMILES string of the molecule is C[C@H](NS(=O)(=O)c1ccccc1)C(=O)O.NC(=O)N1CCNCC1. The summed E-state index contributed by atoms with van der Waals surface area (Å²) in [5.41, 5.74) is 5.03. The number of hydrogen-bond acceptors (Lipinski definition) is 5. The highest BCUT2D eigenvalue weighted by Crippen LogP contribution is 2.07. The second kappa shape index (κ2) is 9.21. The molecule has 1 saturated heterocycles. The van der Waals surface area contributed by atoms with Crippen molar-refractivity contribution in [2.75, 3.05) is 26.2 Å². The van der Waals surface area contributed by atoms with Gasteiger partial charge in [-0.15, -0.1) is 0 Å². The van der Waals surface area contributed by atoms with E-state index in [-0.39, 0.29) is 10.9 Å². The molecule has 0 radical (unpaired) electrons. The molecule has 5 N–H and O–H groups in total. The van der Waals surface area contributed by atoms with Crippen molar-refractivity contribution in [3.8, 4) is 0 Å². The number of aliphatic carboxylic acids is 1. The van der Waals surface area contributed by atoms with Crippen LogP contribution >= 0.6 is 0 Å². The molecule has 2 amide bonds. The first-order valence-electron chi connectivity index (χ1n) is 7.29. The smallest absolute Gasteiger partial charge is 0.321 e. The Balaban J connectivity index is 0.000000272. The van der Waals surface area contributed by atoms with Gasteiger partial charge in [0.2, 0.25) is 10.0 Å². The van der Waals surface area contributed by atoms with Gasteiger partial charge in [0.05, 0.1) is 4.90 Å². The molecule has 24 heavy (non-hydrogen) atoms. The van der Waals surface area contributed by atoms with E-state index in [9.17, 15) is 18.0 Å². The predicted molar refractivity (Wildman–Crippen MR) is 87.9 cm³/mol. The quantitative estimate of drug-likeness (QED) is 0.567. The fourth-order valence-corrected chi connectivity index (χ4v) is 3.05. The van der Waals surface area contributed by atoms with Gasteiger partial charge in [0.25, 0.3) is 0 Å². The molecule has 0 aromatic heterocycles. The van der Waals surface area contributed by atoms with Crippen LogP contribution in [0.4, 0.5) is 4.79 Å². The molecule has 1 aromatic rings. The molecule has 1 aliphatic heterocycles. The van der Waals surface area contributed by atoms with E-state index in [4.69, 9.17) is 10.8 Å². The Labute approximate surface area is 140 Å². The third-order valence-electron chi connectivity index (χ3n) is 3.18. The van der Waals surface area contributed by atoms with Gasteiger partial charge >= 0.3 is 12.0 Å². The van der Waals surface area contributed by atoms with Gasteiger partial charge in [0, 0.05) is 26.2 Å².